The van der Waals surface area contributed by atoms with Gasteiger partial charge in [-0.15, -0.1) is 0 Å². The van der Waals surface area contributed by atoms with Crippen LogP contribution in [0.4, 0.5) is 9.18 Å². The molecule has 14 heavy (non-hydrogen) atoms. The molecule has 78 valence electrons. The molecule has 0 aliphatic rings. The largest absolute Gasteiger partial charge is 0.503 e. The van der Waals surface area contributed by atoms with Gasteiger partial charge in [0.15, 0.2) is 0 Å². The summed E-state index contributed by atoms with van der Waals surface area (Å²) in [5.74, 6) is -0.153. The third-order valence-corrected chi connectivity index (χ3v) is 1.45. The van der Waals surface area contributed by atoms with Crippen molar-refractivity contribution in [3.63, 3.8) is 0 Å². The number of hydrogen-bond acceptors (Lipinski definition) is 1. The summed E-state index contributed by atoms with van der Waals surface area (Å²) in [6.45, 7) is 2.11. The molecule has 0 spiro atoms. The number of aryl methyl sites for hydroxylation is 1. The summed E-state index contributed by atoms with van der Waals surface area (Å²) in [4.78, 5) is 8.56. The average molecular weight is 200 g/mol. The second kappa shape index (κ2) is 6.88. The highest BCUT2D eigenvalue weighted by molar-refractivity contribution is 5.53. The van der Waals surface area contributed by atoms with Gasteiger partial charge in [-0.05, 0) is 24.1 Å². The van der Waals surface area contributed by atoms with Crippen molar-refractivity contribution < 1.29 is 19.4 Å². The Morgan fingerprint density at radius 3 is 2.07 bits per heavy atom. The van der Waals surface area contributed by atoms with E-state index in [-0.39, 0.29) is 5.82 Å². The first-order chi connectivity index (χ1) is 6.56. The lowest BCUT2D eigenvalue weighted by molar-refractivity contribution is 0.137. The van der Waals surface area contributed by atoms with Gasteiger partial charge >= 0.3 is 6.16 Å². The molecule has 1 aromatic carbocycles. The van der Waals surface area contributed by atoms with Crippen LogP contribution < -0.4 is 0 Å². The van der Waals surface area contributed by atoms with Gasteiger partial charge in [-0.2, -0.15) is 0 Å². The molecule has 0 aromatic heterocycles. The molecule has 2 N–H and O–H groups in total. The maximum absolute atomic E-state index is 12.3. The molecule has 1 aromatic rings. The summed E-state index contributed by atoms with van der Waals surface area (Å²) < 4.78 is 12.3. The van der Waals surface area contributed by atoms with E-state index >= 15 is 0 Å². The summed E-state index contributed by atoms with van der Waals surface area (Å²) in [5, 5.41) is 13.9. The van der Waals surface area contributed by atoms with E-state index in [9.17, 15) is 4.39 Å². The van der Waals surface area contributed by atoms with Gasteiger partial charge in [-0.1, -0.05) is 25.5 Å². The molecule has 0 unspecified atom stereocenters. The normalized spacial score (nSPS) is 8.71. The molecule has 4 heteroatoms. The minimum Gasteiger partial charge on any atom is -0.450 e. The van der Waals surface area contributed by atoms with E-state index in [4.69, 9.17) is 15.0 Å². The van der Waals surface area contributed by atoms with E-state index in [2.05, 4.69) is 6.92 Å². The van der Waals surface area contributed by atoms with Crippen molar-refractivity contribution in [2.45, 2.75) is 19.8 Å². The van der Waals surface area contributed by atoms with Gasteiger partial charge in [0.25, 0.3) is 0 Å². The number of carbonyl (C=O) groups is 1. The number of rotatable bonds is 2. The van der Waals surface area contributed by atoms with Crippen molar-refractivity contribution in [3.8, 4) is 0 Å². The monoisotopic (exact) mass is 200 g/mol. The van der Waals surface area contributed by atoms with Crippen molar-refractivity contribution >= 4 is 6.16 Å². The van der Waals surface area contributed by atoms with Gasteiger partial charge in [0.1, 0.15) is 5.82 Å². The maximum atomic E-state index is 12.3. The fraction of sp³-hybridized carbons (Fsp3) is 0.300. The lowest BCUT2D eigenvalue weighted by atomic mass is 10.1. The molecule has 0 atom stereocenters. The SMILES string of the molecule is CCCc1ccc(F)cc1.O=C(O)O. The van der Waals surface area contributed by atoms with Crippen LogP contribution in [-0.2, 0) is 6.42 Å². The quantitative estimate of drug-likeness (QED) is 0.771. The Balaban J connectivity index is 0.000000364. The first kappa shape index (κ1) is 12.4. The van der Waals surface area contributed by atoms with Crippen LogP contribution in [0.25, 0.3) is 0 Å². The van der Waals surface area contributed by atoms with E-state index in [1.807, 2.05) is 12.1 Å². The van der Waals surface area contributed by atoms with Crippen molar-refractivity contribution in [2.24, 2.45) is 0 Å². The van der Waals surface area contributed by atoms with Crippen LogP contribution in [0.2, 0.25) is 0 Å². The summed E-state index contributed by atoms with van der Waals surface area (Å²) in [7, 11) is 0. The third kappa shape index (κ3) is 7.09. The van der Waals surface area contributed by atoms with Gasteiger partial charge < -0.3 is 10.2 Å². The fourth-order valence-electron chi connectivity index (χ4n) is 0.940. The molecule has 0 radical (unpaired) electrons. The highest BCUT2D eigenvalue weighted by Gasteiger charge is 1.90. The summed E-state index contributed by atoms with van der Waals surface area (Å²) in [6.07, 6.45) is 0.325. The molecule has 0 saturated heterocycles. The molecule has 0 aliphatic carbocycles. The van der Waals surface area contributed by atoms with Gasteiger partial charge in [-0.3, -0.25) is 0 Å². The van der Waals surface area contributed by atoms with Crippen LogP contribution in [0.15, 0.2) is 24.3 Å². The van der Waals surface area contributed by atoms with E-state index < -0.39 is 6.16 Å². The lowest BCUT2D eigenvalue weighted by Gasteiger charge is -1.95. The van der Waals surface area contributed by atoms with Gasteiger partial charge in [-0.25, -0.2) is 9.18 Å². The maximum Gasteiger partial charge on any atom is 0.503 e. The van der Waals surface area contributed by atoms with Crippen LogP contribution >= 0.6 is 0 Å². The van der Waals surface area contributed by atoms with Crippen molar-refractivity contribution in [2.75, 3.05) is 0 Å². The lowest BCUT2D eigenvalue weighted by Crippen LogP contribution is -1.81. The molecule has 3 nitrogen and oxygen atoms in total. The second-order valence-corrected chi connectivity index (χ2v) is 2.66. The second-order valence-electron chi connectivity index (χ2n) is 2.66. The Bertz CT molecular complexity index is 265. The first-order valence-corrected chi connectivity index (χ1v) is 4.22. The zero-order valence-corrected chi connectivity index (χ0v) is 7.90. The Labute approximate surface area is 81.8 Å². The van der Waals surface area contributed by atoms with Crippen molar-refractivity contribution in [1.82, 2.24) is 0 Å². The minimum atomic E-state index is -1.83. The first-order valence-electron chi connectivity index (χ1n) is 4.22. The van der Waals surface area contributed by atoms with E-state index in [0.29, 0.717) is 0 Å². The Morgan fingerprint density at radius 2 is 1.71 bits per heavy atom. The predicted molar refractivity (Wildman–Crippen MR) is 51.0 cm³/mol. The third-order valence-electron chi connectivity index (χ3n) is 1.45. The Hall–Kier alpha value is -1.58. The molecule has 0 aliphatic heterocycles. The number of benzene rings is 1. The molecule has 0 fully saturated rings. The fourth-order valence-corrected chi connectivity index (χ4v) is 0.940. The number of hydrogen-bond donors (Lipinski definition) is 2. The highest BCUT2D eigenvalue weighted by Crippen LogP contribution is 2.04. The molecule has 0 amide bonds. The van der Waals surface area contributed by atoms with Crippen LogP contribution in [0.1, 0.15) is 18.9 Å². The van der Waals surface area contributed by atoms with Gasteiger partial charge in [0.2, 0.25) is 0 Å². The van der Waals surface area contributed by atoms with E-state index in [1.165, 1.54) is 17.7 Å². The van der Waals surface area contributed by atoms with E-state index in [0.717, 1.165) is 12.8 Å². The van der Waals surface area contributed by atoms with Gasteiger partial charge in [0.05, 0.1) is 0 Å². The summed E-state index contributed by atoms with van der Waals surface area (Å²) in [5.41, 5.74) is 1.21. The minimum absolute atomic E-state index is 0.153. The van der Waals surface area contributed by atoms with Crippen LogP contribution in [0, 0.1) is 5.82 Å². The standard InChI is InChI=1S/C9H11F.CH2O3/c1-2-3-8-4-6-9(10)7-5-8;2-1(3)4/h4-7H,2-3H2,1H3;(H2,2,3,4). The zero-order chi connectivity index (χ0) is 11.0. The van der Waals surface area contributed by atoms with E-state index in [1.54, 1.807) is 0 Å². The van der Waals surface area contributed by atoms with Crippen molar-refractivity contribution in [1.29, 1.82) is 0 Å². The Morgan fingerprint density at radius 1 is 1.29 bits per heavy atom. The van der Waals surface area contributed by atoms with Crippen LogP contribution in [-0.4, -0.2) is 16.4 Å². The van der Waals surface area contributed by atoms with Crippen LogP contribution in [0.3, 0.4) is 0 Å². The number of carboxylic acid groups (broad SMARTS) is 2. The zero-order valence-electron chi connectivity index (χ0n) is 7.90. The topological polar surface area (TPSA) is 57.5 Å². The molecular weight excluding hydrogens is 187 g/mol. The predicted octanol–water partition coefficient (Wildman–Crippen LogP) is 3.00. The smallest absolute Gasteiger partial charge is 0.450 e. The summed E-state index contributed by atoms with van der Waals surface area (Å²) in [6, 6.07) is 6.67. The summed E-state index contributed by atoms with van der Waals surface area (Å²) >= 11 is 0. The van der Waals surface area contributed by atoms with Crippen LogP contribution in [0.5, 0.6) is 0 Å². The molecule has 0 saturated carbocycles. The molecule has 0 heterocycles. The average Bonchev–Trinajstić information content (AvgIpc) is 2.08. The number of halogens is 1. The molecule has 0 bridgehead atoms. The highest BCUT2D eigenvalue weighted by atomic mass is 19.1. The van der Waals surface area contributed by atoms with Crippen molar-refractivity contribution in [3.05, 3.63) is 35.6 Å². The molecule has 1 rings (SSSR count). The van der Waals surface area contributed by atoms with Gasteiger partial charge in [0, 0.05) is 0 Å². The Kier molecular flexibility index (Phi) is 6.11. The molecular formula is C10H13FO3.